The van der Waals surface area contributed by atoms with Gasteiger partial charge < -0.3 is 10.6 Å². The molecule has 1 fully saturated rings. The molecule has 106 valence electrons. The van der Waals surface area contributed by atoms with Crippen LogP contribution in [0.2, 0.25) is 0 Å². The molecule has 0 unspecified atom stereocenters. The molecule has 0 bridgehead atoms. The SMILES string of the molecule is CCc1ccccc1C1CCN(CCCCN)CC1. The summed E-state index contributed by atoms with van der Waals surface area (Å²) < 4.78 is 0. The summed E-state index contributed by atoms with van der Waals surface area (Å²) in [6, 6.07) is 9.00. The highest BCUT2D eigenvalue weighted by atomic mass is 15.1. The Hall–Kier alpha value is -0.860. The predicted molar refractivity (Wildman–Crippen MR) is 82.5 cm³/mol. The van der Waals surface area contributed by atoms with Crippen LogP contribution in [0, 0.1) is 0 Å². The lowest BCUT2D eigenvalue weighted by atomic mass is 9.86. The molecular weight excluding hydrogens is 232 g/mol. The van der Waals surface area contributed by atoms with Gasteiger partial charge in [0.1, 0.15) is 0 Å². The van der Waals surface area contributed by atoms with Gasteiger partial charge in [-0.25, -0.2) is 0 Å². The summed E-state index contributed by atoms with van der Waals surface area (Å²) in [6.07, 6.45) is 6.22. The monoisotopic (exact) mass is 260 g/mol. The van der Waals surface area contributed by atoms with Gasteiger partial charge in [-0.2, -0.15) is 0 Å². The highest BCUT2D eigenvalue weighted by molar-refractivity contribution is 5.30. The Morgan fingerprint density at radius 1 is 1.16 bits per heavy atom. The molecule has 0 amide bonds. The molecule has 0 aliphatic carbocycles. The number of nitrogens with two attached hydrogens (primary N) is 1. The molecule has 0 saturated carbocycles. The minimum atomic E-state index is 0.780. The summed E-state index contributed by atoms with van der Waals surface area (Å²) in [7, 11) is 0. The molecule has 0 atom stereocenters. The third-order valence-electron chi connectivity index (χ3n) is 4.39. The number of hydrogen-bond acceptors (Lipinski definition) is 2. The molecule has 2 rings (SSSR count). The number of nitrogens with zero attached hydrogens (tertiary/aromatic N) is 1. The molecule has 1 saturated heterocycles. The smallest absolute Gasteiger partial charge is 0.00129 e. The topological polar surface area (TPSA) is 29.3 Å². The fourth-order valence-electron chi connectivity index (χ4n) is 3.20. The van der Waals surface area contributed by atoms with Crippen molar-refractivity contribution >= 4 is 0 Å². The highest BCUT2D eigenvalue weighted by Crippen LogP contribution is 2.30. The van der Waals surface area contributed by atoms with Gasteiger partial charge in [-0.05, 0) is 75.3 Å². The lowest BCUT2D eigenvalue weighted by Crippen LogP contribution is -2.34. The molecule has 0 radical (unpaired) electrons. The van der Waals surface area contributed by atoms with E-state index in [0.29, 0.717) is 0 Å². The van der Waals surface area contributed by atoms with Gasteiger partial charge in [-0.1, -0.05) is 31.2 Å². The van der Waals surface area contributed by atoms with Crippen molar-refractivity contribution < 1.29 is 0 Å². The second-order valence-electron chi connectivity index (χ2n) is 5.66. The molecule has 2 nitrogen and oxygen atoms in total. The molecule has 1 aromatic rings. The standard InChI is InChI=1S/C17H28N2/c1-2-15-7-3-4-8-17(15)16-9-13-19(14-10-16)12-6-5-11-18/h3-4,7-8,16H,2,5-6,9-14,18H2,1H3. The van der Waals surface area contributed by atoms with E-state index in [1.54, 1.807) is 11.1 Å². The van der Waals surface area contributed by atoms with E-state index in [2.05, 4.69) is 36.1 Å². The lowest BCUT2D eigenvalue weighted by Gasteiger charge is -2.33. The minimum Gasteiger partial charge on any atom is -0.330 e. The number of benzene rings is 1. The van der Waals surface area contributed by atoms with Crippen LogP contribution in [0.25, 0.3) is 0 Å². The fourth-order valence-corrected chi connectivity index (χ4v) is 3.20. The van der Waals surface area contributed by atoms with Gasteiger partial charge in [0.15, 0.2) is 0 Å². The van der Waals surface area contributed by atoms with Gasteiger partial charge in [0.25, 0.3) is 0 Å². The zero-order chi connectivity index (χ0) is 13.5. The number of aryl methyl sites for hydroxylation is 1. The number of rotatable bonds is 6. The van der Waals surface area contributed by atoms with Gasteiger partial charge in [0.2, 0.25) is 0 Å². The first-order valence-corrected chi connectivity index (χ1v) is 7.85. The summed E-state index contributed by atoms with van der Waals surface area (Å²) >= 11 is 0. The Morgan fingerprint density at radius 2 is 1.89 bits per heavy atom. The van der Waals surface area contributed by atoms with Crippen LogP contribution in [-0.2, 0) is 6.42 Å². The quantitative estimate of drug-likeness (QED) is 0.796. The van der Waals surface area contributed by atoms with Crippen molar-refractivity contribution in [2.45, 2.75) is 44.9 Å². The molecule has 0 aromatic heterocycles. The molecule has 2 N–H and O–H groups in total. The minimum absolute atomic E-state index is 0.780. The van der Waals surface area contributed by atoms with Crippen LogP contribution < -0.4 is 5.73 Å². The van der Waals surface area contributed by atoms with Crippen molar-refractivity contribution in [1.82, 2.24) is 4.90 Å². The van der Waals surface area contributed by atoms with Crippen molar-refractivity contribution in [1.29, 1.82) is 0 Å². The van der Waals surface area contributed by atoms with Gasteiger partial charge in [-0.15, -0.1) is 0 Å². The number of likely N-dealkylation sites (tertiary alicyclic amines) is 1. The maximum Gasteiger partial charge on any atom is -0.00129 e. The van der Waals surface area contributed by atoms with Crippen LogP contribution in [0.1, 0.15) is 49.7 Å². The molecule has 1 aliphatic heterocycles. The molecule has 1 aromatic carbocycles. The highest BCUT2D eigenvalue weighted by Gasteiger charge is 2.21. The van der Waals surface area contributed by atoms with Crippen LogP contribution in [0.3, 0.4) is 0 Å². The molecule has 2 heteroatoms. The zero-order valence-electron chi connectivity index (χ0n) is 12.3. The molecule has 1 aliphatic rings. The Balaban J connectivity index is 1.85. The Kier molecular flexibility index (Phi) is 5.87. The Labute approximate surface area is 118 Å². The van der Waals surface area contributed by atoms with E-state index >= 15 is 0 Å². The summed E-state index contributed by atoms with van der Waals surface area (Å²) in [5, 5.41) is 0. The van der Waals surface area contributed by atoms with Crippen molar-refractivity contribution in [2.24, 2.45) is 5.73 Å². The van der Waals surface area contributed by atoms with Gasteiger partial charge in [-0.3, -0.25) is 0 Å². The van der Waals surface area contributed by atoms with Crippen LogP contribution >= 0.6 is 0 Å². The molecular formula is C17H28N2. The maximum atomic E-state index is 5.56. The third kappa shape index (κ3) is 4.05. The second-order valence-corrected chi connectivity index (χ2v) is 5.66. The van der Waals surface area contributed by atoms with E-state index in [1.807, 2.05) is 0 Å². The summed E-state index contributed by atoms with van der Waals surface area (Å²) in [5.74, 6) is 0.780. The van der Waals surface area contributed by atoms with E-state index in [9.17, 15) is 0 Å². The van der Waals surface area contributed by atoms with Crippen molar-refractivity contribution in [3.8, 4) is 0 Å². The normalized spacial score (nSPS) is 17.8. The zero-order valence-corrected chi connectivity index (χ0v) is 12.3. The number of unbranched alkanes of at least 4 members (excludes halogenated alkanes) is 1. The average Bonchev–Trinajstić information content (AvgIpc) is 2.48. The average molecular weight is 260 g/mol. The van der Waals surface area contributed by atoms with Crippen LogP contribution in [0.5, 0.6) is 0 Å². The van der Waals surface area contributed by atoms with E-state index < -0.39 is 0 Å². The molecule has 0 spiro atoms. The third-order valence-corrected chi connectivity index (χ3v) is 4.39. The summed E-state index contributed by atoms with van der Waals surface area (Å²) in [4.78, 5) is 2.61. The fraction of sp³-hybridized carbons (Fsp3) is 0.647. The summed E-state index contributed by atoms with van der Waals surface area (Å²) in [6.45, 7) is 6.85. The largest absolute Gasteiger partial charge is 0.330 e. The maximum absolute atomic E-state index is 5.56. The van der Waals surface area contributed by atoms with Crippen molar-refractivity contribution in [3.63, 3.8) is 0 Å². The first-order chi connectivity index (χ1) is 9.35. The molecule has 19 heavy (non-hydrogen) atoms. The molecule has 1 heterocycles. The van der Waals surface area contributed by atoms with Gasteiger partial charge in [0.05, 0.1) is 0 Å². The van der Waals surface area contributed by atoms with Crippen LogP contribution in [0.4, 0.5) is 0 Å². The van der Waals surface area contributed by atoms with E-state index in [1.165, 1.54) is 45.3 Å². The summed E-state index contributed by atoms with van der Waals surface area (Å²) in [5.41, 5.74) is 8.70. The lowest BCUT2D eigenvalue weighted by molar-refractivity contribution is 0.209. The van der Waals surface area contributed by atoms with E-state index in [4.69, 9.17) is 5.73 Å². The Morgan fingerprint density at radius 3 is 2.58 bits per heavy atom. The first-order valence-electron chi connectivity index (χ1n) is 7.85. The first kappa shape index (κ1) is 14.5. The van der Waals surface area contributed by atoms with Crippen LogP contribution in [-0.4, -0.2) is 31.1 Å². The van der Waals surface area contributed by atoms with Crippen molar-refractivity contribution in [3.05, 3.63) is 35.4 Å². The van der Waals surface area contributed by atoms with Crippen LogP contribution in [0.15, 0.2) is 24.3 Å². The van der Waals surface area contributed by atoms with Crippen molar-refractivity contribution in [2.75, 3.05) is 26.2 Å². The second kappa shape index (κ2) is 7.66. The van der Waals surface area contributed by atoms with E-state index in [-0.39, 0.29) is 0 Å². The van der Waals surface area contributed by atoms with Gasteiger partial charge in [0, 0.05) is 0 Å². The Bertz CT molecular complexity index is 367. The van der Waals surface area contributed by atoms with E-state index in [0.717, 1.165) is 18.9 Å². The predicted octanol–water partition coefficient (Wildman–Crippen LogP) is 3.17. The number of piperidine rings is 1. The number of hydrogen-bond donors (Lipinski definition) is 1. The van der Waals surface area contributed by atoms with Gasteiger partial charge >= 0.3 is 0 Å².